The number of amides is 1. The highest BCUT2D eigenvalue weighted by atomic mass is 16.2. The Morgan fingerprint density at radius 1 is 1.00 bits per heavy atom. The molecular weight excluding hydrogens is 334 g/mol. The Morgan fingerprint density at radius 2 is 1.78 bits per heavy atom. The van der Waals surface area contributed by atoms with E-state index in [2.05, 4.69) is 45.1 Å². The van der Waals surface area contributed by atoms with Crippen LogP contribution in [0, 0.1) is 0 Å². The predicted octanol–water partition coefficient (Wildman–Crippen LogP) is 3.70. The Labute approximate surface area is 159 Å². The van der Waals surface area contributed by atoms with E-state index in [1.165, 1.54) is 18.4 Å². The molecule has 1 saturated carbocycles. The van der Waals surface area contributed by atoms with Crippen molar-refractivity contribution in [1.29, 1.82) is 0 Å². The Morgan fingerprint density at radius 3 is 2.56 bits per heavy atom. The standard InChI is InChI=1S/C23H25N3O/c27-23(22-15-18-8-4-5-9-21(18)24-22)26-13-12-25(19-10-11-19)16-20(26)14-17-6-2-1-3-7-17/h1-9,15,19-20,24H,10-14,16H2. The summed E-state index contributed by atoms with van der Waals surface area (Å²) in [5.74, 6) is 0.127. The lowest BCUT2D eigenvalue weighted by Crippen LogP contribution is -2.56. The molecule has 0 spiro atoms. The second-order valence-electron chi connectivity index (χ2n) is 7.84. The first-order chi connectivity index (χ1) is 13.3. The number of benzene rings is 2. The summed E-state index contributed by atoms with van der Waals surface area (Å²) < 4.78 is 0. The van der Waals surface area contributed by atoms with Gasteiger partial charge in [0.05, 0.1) is 0 Å². The minimum absolute atomic E-state index is 0.127. The molecule has 3 aromatic rings. The number of fused-ring (bicyclic) bond motifs is 1. The van der Waals surface area contributed by atoms with Gasteiger partial charge in [0.15, 0.2) is 0 Å². The number of rotatable bonds is 4. The highest BCUT2D eigenvalue weighted by Gasteiger charge is 2.37. The number of para-hydroxylation sites is 1. The number of hydrogen-bond acceptors (Lipinski definition) is 2. The molecule has 2 aliphatic rings. The van der Waals surface area contributed by atoms with E-state index in [-0.39, 0.29) is 11.9 Å². The molecule has 4 nitrogen and oxygen atoms in total. The first kappa shape index (κ1) is 16.6. The summed E-state index contributed by atoms with van der Waals surface area (Å²) in [4.78, 5) is 21.3. The molecule has 1 saturated heterocycles. The van der Waals surface area contributed by atoms with Crippen LogP contribution in [0.3, 0.4) is 0 Å². The van der Waals surface area contributed by atoms with Gasteiger partial charge >= 0.3 is 0 Å². The summed E-state index contributed by atoms with van der Waals surface area (Å²) in [5, 5.41) is 1.09. The van der Waals surface area contributed by atoms with Crippen LogP contribution >= 0.6 is 0 Å². The first-order valence-corrected chi connectivity index (χ1v) is 9.94. The smallest absolute Gasteiger partial charge is 0.270 e. The molecule has 0 radical (unpaired) electrons. The molecule has 1 unspecified atom stereocenters. The number of nitrogens with one attached hydrogen (secondary N) is 1. The summed E-state index contributed by atoms with van der Waals surface area (Å²) >= 11 is 0. The van der Waals surface area contributed by atoms with E-state index in [9.17, 15) is 4.79 Å². The van der Waals surface area contributed by atoms with Crippen molar-refractivity contribution >= 4 is 16.8 Å². The minimum atomic E-state index is 0.127. The van der Waals surface area contributed by atoms with Crippen LogP contribution in [0.5, 0.6) is 0 Å². The summed E-state index contributed by atoms with van der Waals surface area (Å²) in [5.41, 5.74) is 3.03. The van der Waals surface area contributed by atoms with Gasteiger partial charge in [0.25, 0.3) is 5.91 Å². The van der Waals surface area contributed by atoms with Crippen LogP contribution in [0.4, 0.5) is 0 Å². The maximum absolute atomic E-state index is 13.3. The zero-order valence-corrected chi connectivity index (χ0v) is 15.5. The predicted molar refractivity (Wildman–Crippen MR) is 108 cm³/mol. The van der Waals surface area contributed by atoms with Gasteiger partial charge in [-0.05, 0) is 37.0 Å². The number of carbonyl (C=O) groups is 1. The van der Waals surface area contributed by atoms with Gasteiger partial charge in [0, 0.05) is 42.6 Å². The highest BCUT2D eigenvalue weighted by Crippen LogP contribution is 2.30. The molecule has 1 aromatic heterocycles. The number of H-pyrrole nitrogens is 1. The van der Waals surface area contributed by atoms with E-state index in [1.807, 2.05) is 30.3 Å². The molecule has 27 heavy (non-hydrogen) atoms. The van der Waals surface area contributed by atoms with Crippen molar-refractivity contribution in [3.8, 4) is 0 Å². The third-order valence-electron chi connectivity index (χ3n) is 5.91. The SMILES string of the molecule is O=C(c1cc2ccccc2[nH]1)N1CCN(C2CC2)CC1Cc1ccccc1. The van der Waals surface area contributed by atoms with E-state index in [4.69, 9.17) is 0 Å². The van der Waals surface area contributed by atoms with Gasteiger partial charge in [-0.15, -0.1) is 0 Å². The van der Waals surface area contributed by atoms with Crippen LogP contribution in [-0.4, -0.2) is 52.4 Å². The Balaban J connectivity index is 1.41. The average Bonchev–Trinajstić information content (AvgIpc) is 3.46. The monoisotopic (exact) mass is 359 g/mol. The van der Waals surface area contributed by atoms with Gasteiger partial charge in [0.2, 0.25) is 0 Å². The number of nitrogens with zero attached hydrogens (tertiary/aromatic N) is 2. The van der Waals surface area contributed by atoms with Crippen LogP contribution in [0.15, 0.2) is 60.7 Å². The third-order valence-corrected chi connectivity index (χ3v) is 5.91. The molecule has 138 valence electrons. The molecule has 1 N–H and O–H groups in total. The molecule has 4 heteroatoms. The zero-order chi connectivity index (χ0) is 18.2. The fourth-order valence-electron chi connectivity index (χ4n) is 4.32. The molecule has 2 aromatic carbocycles. The second-order valence-corrected chi connectivity index (χ2v) is 7.84. The molecule has 1 atom stereocenters. The van der Waals surface area contributed by atoms with Gasteiger partial charge in [-0.1, -0.05) is 48.5 Å². The second kappa shape index (κ2) is 6.86. The zero-order valence-electron chi connectivity index (χ0n) is 15.5. The van der Waals surface area contributed by atoms with Crippen molar-refractivity contribution in [2.24, 2.45) is 0 Å². The van der Waals surface area contributed by atoms with Crippen LogP contribution in [0.2, 0.25) is 0 Å². The van der Waals surface area contributed by atoms with Gasteiger partial charge in [0.1, 0.15) is 5.69 Å². The van der Waals surface area contributed by atoms with Crippen molar-refractivity contribution in [3.05, 3.63) is 71.9 Å². The van der Waals surface area contributed by atoms with E-state index >= 15 is 0 Å². The molecule has 1 aliphatic heterocycles. The largest absolute Gasteiger partial charge is 0.351 e. The molecule has 0 bridgehead atoms. The summed E-state index contributed by atoms with van der Waals surface area (Å²) in [6.07, 6.45) is 3.54. The summed E-state index contributed by atoms with van der Waals surface area (Å²) in [7, 11) is 0. The van der Waals surface area contributed by atoms with E-state index in [0.29, 0.717) is 5.69 Å². The normalized spacial score (nSPS) is 20.9. The van der Waals surface area contributed by atoms with Gasteiger partial charge < -0.3 is 9.88 Å². The number of aromatic nitrogens is 1. The maximum Gasteiger partial charge on any atom is 0.270 e. The van der Waals surface area contributed by atoms with E-state index in [0.717, 1.165) is 43.0 Å². The molecular formula is C23H25N3O. The lowest BCUT2D eigenvalue weighted by Gasteiger charge is -2.41. The fourth-order valence-corrected chi connectivity index (χ4v) is 4.32. The molecule has 1 amide bonds. The molecule has 2 fully saturated rings. The first-order valence-electron chi connectivity index (χ1n) is 9.94. The topological polar surface area (TPSA) is 39.3 Å². The lowest BCUT2D eigenvalue weighted by molar-refractivity contribution is 0.0433. The number of aromatic amines is 1. The van der Waals surface area contributed by atoms with Gasteiger partial charge in [-0.25, -0.2) is 0 Å². The average molecular weight is 359 g/mol. The fraction of sp³-hybridized carbons (Fsp3) is 0.348. The summed E-state index contributed by atoms with van der Waals surface area (Å²) in [6.45, 7) is 2.77. The number of hydrogen-bond donors (Lipinski definition) is 1. The van der Waals surface area contributed by atoms with Crippen LogP contribution in [-0.2, 0) is 6.42 Å². The molecule has 1 aliphatic carbocycles. The summed E-state index contributed by atoms with van der Waals surface area (Å²) in [6, 6.07) is 21.6. The van der Waals surface area contributed by atoms with Crippen LogP contribution in [0.25, 0.3) is 10.9 Å². The molecule has 5 rings (SSSR count). The van der Waals surface area contributed by atoms with Gasteiger partial charge in [-0.2, -0.15) is 0 Å². The van der Waals surface area contributed by atoms with Crippen molar-refractivity contribution in [3.63, 3.8) is 0 Å². The minimum Gasteiger partial charge on any atom is -0.351 e. The van der Waals surface area contributed by atoms with Gasteiger partial charge in [-0.3, -0.25) is 9.69 Å². The maximum atomic E-state index is 13.3. The Hall–Kier alpha value is -2.59. The molecule has 2 heterocycles. The number of carbonyl (C=O) groups excluding carboxylic acids is 1. The quantitative estimate of drug-likeness (QED) is 0.771. The van der Waals surface area contributed by atoms with Crippen molar-refractivity contribution in [2.45, 2.75) is 31.3 Å². The Bertz CT molecular complexity index is 911. The van der Waals surface area contributed by atoms with Crippen molar-refractivity contribution in [1.82, 2.24) is 14.8 Å². The number of piperazine rings is 1. The lowest BCUT2D eigenvalue weighted by atomic mass is 10.0. The Kier molecular flexibility index (Phi) is 4.21. The van der Waals surface area contributed by atoms with Crippen molar-refractivity contribution < 1.29 is 4.79 Å². The van der Waals surface area contributed by atoms with E-state index in [1.54, 1.807) is 0 Å². The third kappa shape index (κ3) is 3.37. The highest BCUT2D eigenvalue weighted by molar-refractivity contribution is 5.98. The van der Waals surface area contributed by atoms with E-state index < -0.39 is 0 Å². The van der Waals surface area contributed by atoms with Crippen LogP contribution < -0.4 is 0 Å². The van der Waals surface area contributed by atoms with Crippen LogP contribution in [0.1, 0.15) is 28.9 Å². The van der Waals surface area contributed by atoms with Crippen molar-refractivity contribution in [2.75, 3.05) is 19.6 Å².